The van der Waals surface area contributed by atoms with E-state index in [1.807, 2.05) is 24.4 Å². The third-order valence-corrected chi connectivity index (χ3v) is 3.50. The molecular formula is C15H15N3O. The maximum Gasteiger partial charge on any atom is 0.248 e. The van der Waals surface area contributed by atoms with Crippen LogP contribution in [0.4, 0.5) is 0 Å². The van der Waals surface area contributed by atoms with Crippen molar-refractivity contribution in [2.45, 2.75) is 18.4 Å². The second kappa shape index (κ2) is 4.48. The van der Waals surface area contributed by atoms with Crippen LogP contribution in [-0.2, 0) is 0 Å². The molecule has 0 bridgehead atoms. The van der Waals surface area contributed by atoms with Gasteiger partial charge in [0.25, 0.3) is 0 Å². The third kappa shape index (κ3) is 2.35. The Kier molecular flexibility index (Phi) is 2.80. The molecule has 0 spiro atoms. The first-order valence-electron chi connectivity index (χ1n) is 6.27. The lowest BCUT2D eigenvalue weighted by molar-refractivity contribution is 0.100. The number of hydrogen-bond acceptors (Lipinski definition) is 3. The van der Waals surface area contributed by atoms with Gasteiger partial charge in [-0.2, -0.15) is 0 Å². The number of nitrogens with two attached hydrogens (primary N) is 2. The number of amides is 1. The Morgan fingerprint density at radius 1 is 1.26 bits per heavy atom. The summed E-state index contributed by atoms with van der Waals surface area (Å²) < 4.78 is 0. The Hall–Kier alpha value is -2.20. The largest absolute Gasteiger partial charge is 0.366 e. The minimum Gasteiger partial charge on any atom is -0.366 e. The van der Waals surface area contributed by atoms with Gasteiger partial charge in [0.2, 0.25) is 5.91 Å². The maximum atomic E-state index is 11.2. The number of aromatic nitrogens is 1. The molecule has 0 unspecified atom stereocenters. The fraction of sp³-hybridized carbons (Fsp3) is 0.200. The van der Waals surface area contributed by atoms with Crippen molar-refractivity contribution >= 4 is 5.91 Å². The molecule has 96 valence electrons. The number of primary amides is 1. The molecule has 1 aliphatic carbocycles. The molecule has 0 saturated heterocycles. The van der Waals surface area contributed by atoms with Gasteiger partial charge in [0.1, 0.15) is 0 Å². The first-order chi connectivity index (χ1) is 9.15. The highest BCUT2D eigenvalue weighted by Gasteiger charge is 2.34. The van der Waals surface area contributed by atoms with Crippen LogP contribution in [0.3, 0.4) is 0 Å². The molecule has 4 N–H and O–H groups in total. The molecule has 0 aliphatic heterocycles. The first kappa shape index (κ1) is 11.9. The van der Waals surface area contributed by atoms with Gasteiger partial charge in [-0.25, -0.2) is 0 Å². The molecule has 19 heavy (non-hydrogen) atoms. The predicted octanol–water partition coefficient (Wildman–Crippen LogP) is 1.66. The number of nitrogens with zero attached hydrogens (tertiary/aromatic N) is 1. The zero-order valence-corrected chi connectivity index (χ0v) is 10.4. The highest BCUT2D eigenvalue weighted by atomic mass is 16.1. The molecule has 4 heteroatoms. The standard InChI is InChI=1S/C15H15N3O/c16-13-7-12(13)11-4-5-14(18-8-11)9-2-1-3-10(6-9)15(17)19/h1-6,8,12-13H,7,16H2,(H2,17,19)/t12-,13+/m1/s1. The van der Waals surface area contributed by atoms with Crippen LogP contribution in [0, 0.1) is 0 Å². The Bertz CT molecular complexity index is 622. The van der Waals surface area contributed by atoms with Gasteiger partial charge in [0, 0.05) is 29.3 Å². The summed E-state index contributed by atoms with van der Waals surface area (Å²) >= 11 is 0. The monoisotopic (exact) mass is 253 g/mol. The lowest BCUT2D eigenvalue weighted by Crippen LogP contribution is -2.10. The Morgan fingerprint density at radius 3 is 2.63 bits per heavy atom. The molecule has 2 aromatic rings. The van der Waals surface area contributed by atoms with Crippen molar-refractivity contribution < 1.29 is 4.79 Å². The summed E-state index contributed by atoms with van der Waals surface area (Å²) in [6, 6.07) is 11.5. The topological polar surface area (TPSA) is 82.0 Å². The molecule has 4 nitrogen and oxygen atoms in total. The van der Waals surface area contributed by atoms with Gasteiger partial charge in [-0.05, 0) is 30.2 Å². The van der Waals surface area contributed by atoms with Crippen LogP contribution in [0.25, 0.3) is 11.3 Å². The van der Waals surface area contributed by atoms with Gasteiger partial charge in [-0.1, -0.05) is 18.2 Å². The Morgan fingerprint density at radius 2 is 2.05 bits per heavy atom. The molecule has 1 fully saturated rings. The van der Waals surface area contributed by atoms with Gasteiger partial charge < -0.3 is 11.5 Å². The van der Waals surface area contributed by atoms with Crippen LogP contribution in [0.15, 0.2) is 42.6 Å². The van der Waals surface area contributed by atoms with Crippen LogP contribution in [0.5, 0.6) is 0 Å². The van der Waals surface area contributed by atoms with E-state index in [4.69, 9.17) is 11.5 Å². The van der Waals surface area contributed by atoms with Crippen molar-refractivity contribution in [2.24, 2.45) is 11.5 Å². The van der Waals surface area contributed by atoms with E-state index in [0.717, 1.165) is 17.7 Å². The zero-order chi connectivity index (χ0) is 13.4. The first-order valence-corrected chi connectivity index (χ1v) is 6.27. The summed E-state index contributed by atoms with van der Waals surface area (Å²) in [5, 5.41) is 0. The van der Waals surface area contributed by atoms with E-state index in [1.165, 1.54) is 5.56 Å². The van der Waals surface area contributed by atoms with Crippen molar-refractivity contribution in [3.8, 4) is 11.3 Å². The van der Waals surface area contributed by atoms with E-state index < -0.39 is 5.91 Å². The predicted molar refractivity (Wildman–Crippen MR) is 73.5 cm³/mol. The molecule has 1 aliphatic rings. The van der Waals surface area contributed by atoms with E-state index in [1.54, 1.807) is 12.1 Å². The number of rotatable bonds is 3. The Balaban J connectivity index is 1.89. The van der Waals surface area contributed by atoms with E-state index in [9.17, 15) is 4.79 Å². The van der Waals surface area contributed by atoms with E-state index >= 15 is 0 Å². The second-order valence-electron chi connectivity index (χ2n) is 4.93. The summed E-state index contributed by atoms with van der Waals surface area (Å²) in [6.07, 6.45) is 2.90. The summed E-state index contributed by atoms with van der Waals surface area (Å²) in [5.41, 5.74) is 14.5. The molecule has 0 radical (unpaired) electrons. The second-order valence-corrected chi connectivity index (χ2v) is 4.93. The molecular weight excluding hydrogens is 238 g/mol. The number of carbonyl (C=O) groups excluding carboxylic acids is 1. The van der Waals surface area contributed by atoms with Crippen molar-refractivity contribution in [3.05, 3.63) is 53.7 Å². The van der Waals surface area contributed by atoms with Crippen LogP contribution < -0.4 is 11.5 Å². The molecule has 1 aromatic heterocycles. The number of carbonyl (C=O) groups is 1. The fourth-order valence-corrected chi connectivity index (χ4v) is 2.23. The molecule has 1 amide bonds. The SMILES string of the molecule is NC(=O)c1cccc(-c2ccc([C@H]3C[C@@H]3N)cn2)c1. The third-order valence-electron chi connectivity index (χ3n) is 3.50. The van der Waals surface area contributed by atoms with Crippen LogP contribution in [-0.4, -0.2) is 16.9 Å². The van der Waals surface area contributed by atoms with Gasteiger partial charge in [0.05, 0.1) is 5.69 Å². The van der Waals surface area contributed by atoms with Gasteiger partial charge >= 0.3 is 0 Å². The van der Waals surface area contributed by atoms with Gasteiger partial charge in [-0.15, -0.1) is 0 Å². The van der Waals surface area contributed by atoms with Gasteiger partial charge in [0.15, 0.2) is 0 Å². The summed E-state index contributed by atoms with van der Waals surface area (Å²) in [7, 11) is 0. The maximum absolute atomic E-state index is 11.2. The smallest absolute Gasteiger partial charge is 0.248 e. The van der Waals surface area contributed by atoms with Crippen molar-refractivity contribution in [1.29, 1.82) is 0 Å². The normalized spacial score (nSPS) is 21.1. The van der Waals surface area contributed by atoms with E-state index in [-0.39, 0.29) is 6.04 Å². The molecule has 1 heterocycles. The highest BCUT2D eigenvalue weighted by molar-refractivity contribution is 5.93. The van der Waals surface area contributed by atoms with Crippen molar-refractivity contribution in [3.63, 3.8) is 0 Å². The average molecular weight is 253 g/mol. The zero-order valence-electron chi connectivity index (χ0n) is 10.4. The molecule has 3 rings (SSSR count). The minimum atomic E-state index is -0.428. The molecule has 2 atom stereocenters. The van der Waals surface area contributed by atoms with Crippen LogP contribution >= 0.6 is 0 Å². The number of benzene rings is 1. The van der Waals surface area contributed by atoms with Crippen molar-refractivity contribution in [2.75, 3.05) is 0 Å². The number of pyridine rings is 1. The number of hydrogen-bond donors (Lipinski definition) is 2. The highest BCUT2D eigenvalue weighted by Crippen LogP contribution is 2.38. The summed E-state index contributed by atoms with van der Waals surface area (Å²) in [4.78, 5) is 15.6. The Labute approximate surface area is 111 Å². The quantitative estimate of drug-likeness (QED) is 0.872. The fourth-order valence-electron chi connectivity index (χ4n) is 2.23. The van der Waals surface area contributed by atoms with Crippen LogP contribution in [0.1, 0.15) is 28.3 Å². The minimum absolute atomic E-state index is 0.283. The summed E-state index contributed by atoms with van der Waals surface area (Å²) in [6.45, 7) is 0. The lowest BCUT2D eigenvalue weighted by atomic mass is 10.1. The van der Waals surface area contributed by atoms with Crippen molar-refractivity contribution in [1.82, 2.24) is 4.98 Å². The lowest BCUT2D eigenvalue weighted by Gasteiger charge is -2.04. The van der Waals surface area contributed by atoms with Gasteiger partial charge in [-0.3, -0.25) is 9.78 Å². The average Bonchev–Trinajstić information content (AvgIpc) is 3.16. The van der Waals surface area contributed by atoms with E-state index in [0.29, 0.717) is 11.5 Å². The van der Waals surface area contributed by atoms with E-state index in [2.05, 4.69) is 11.1 Å². The molecule has 1 saturated carbocycles. The summed E-state index contributed by atoms with van der Waals surface area (Å²) in [5.74, 6) is 0.0286. The molecule has 1 aromatic carbocycles. The van der Waals surface area contributed by atoms with Crippen LogP contribution in [0.2, 0.25) is 0 Å².